The lowest BCUT2D eigenvalue weighted by Crippen LogP contribution is -2.20. The Bertz CT molecular complexity index is 166. The van der Waals surface area contributed by atoms with Gasteiger partial charge in [-0.15, -0.1) is 9.24 Å². The second-order valence-electron chi connectivity index (χ2n) is 3.23. The van der Waals surface area contributed by atoms with E-state index in [9.17, 15) is 4.79 Å². The highest BCUT2D eigenvalue weighted by Crippen LogP contribution is 2.00. The lowest BCUT2D eigenvalue weighted by atomic mass is 10.2. The Balaban J connectivity index is 3.30. The average Bonchev–Trinajstić information content (AvgIpc) is 2.10. The first-order chi connectivity index (χ1) is 6.18. The summed E-state index contributed by atoms with van der Waals surface area (Å²) in [4.78, 5) is 12.8. The molecule has 0 spiro atoms. The van der Waals surface area contributed by atoms with Crippen LogP contribution >= 0.6 is 9.24 Å². The van der Waals surface area contributed by atoms with E-state index < -0.39 is 0 Å². The maximum atomic E-state index is 11.1. The number of amides is 1. The summed E-state index contributed by atoms with van der Waals surface area (Å²) in [5, 5.41) is 0. The topological polar surface area (TPSA) is 20.3 Å². The summed E-state index contributed by atoms with van der Waals surface area (Å²) in [5.74, 6) is 0.222. The Morgan fingerprint density at radius 2 is 1.92 bits per heavy atom. The number of nitrogens with zero attached hydrogens (tertiary/aromatic N) is 1. The van der Waals surface area contributed by atoms with Crippen molar-refractivity contribution in [2.75, 3.05) is 20.3 Å². The van der Waals surface area contributed by atoms with Crippen LogP contribution in [0.25, 0.3) is 0 Å². The van der Waals surface area contributed by atoms with Gasteiger partial charge in [-0.25, -0.2) is 0 Å². The summed E-state index contributed by atoms with van der Waals surface area (Å²) >= 11 is 0. The Hall–Kier alpha value is -0.360. The molecule has 3 heteroatoms. The molecule has 1 amide bonds. The van der Waals surface area contributed by atoms with Crippen molar-refractivity contribution >= 4 is 15.1 Å². The van der Waals surface area contributed by atoms with Gasteiger partial charge in [0, 0.05) is 20.5 Å². The van der Waals surface area contributed by atoms with Crippen LogP contribution in [-0.4, -0.2) is 31.1 Å². The first kappa shape index (κ1) is 12.6. The Labute approximate surface area is 83.6 Å². The number of carbonyl (C=O) groups excluding carboxylic acids is 1. The summed E-state index contributed by atoms with van der Waals surface area (Å²) < 4.78 is 0. The van der Waals surface area contributed by atoms with Crippen molar-refractivity contribution in [3.05, 3.63) is 12.2 Å². The molecule has 1 atom stereocenters. The molecule has 0 heterocycles. The van der Waals surface area contributed by atoms with Crippen LogP contribution in [0.1, 0.15) is 25.7 Å². The van der Waals surface area contributed by atoms with Crippen molar-refractivity contribution in [3.8, 4) is 0 Å². The molecule has 13 heavy (non-hydrogen) atoms. The zero-order valence-corrected chi connectivity index (χ0v) is 9.78. The number of hydrogen-bond acceptors (Lipinski definition) is 1. The number of rotatable bonds is 6. The average molecular weight is 201 g/mol. The van der Waals surface area contributed by atoms with Crippen LogP contribution < -0.4 is 0 Å². The van der Waals surface area contributed by atoms with E-state index in [1.54, 1.807) is 19.0 Å². The quantitative estimate of drug-likeness (QED) is 0.366. The van der Waals surface area contributed by atoms with Gasteiger partial charge < -0.3 is 4.90 Å². The predicted molar refractivity (Wildman–Crippen MR) is 60.9 cm³/mol. The molecule has 0 radical (unpaired) electrons. The fraction of sp³-hybridized carbons (Fsp3) is 0.700. The highest BCUT2D eigenvalue weighted by atomic mass is 31.0. The van der Waals surface area contributed by atoms with Gasteiger partial charge in [0.25, 0.3) is 0 Å². The van der Waals surface area contributed by atoms with Crippen molar-refractivity contribution in [2.24, 2.45) is 0 Å². The standard InChI is InChI=1S/C10H20NOP/c1-11(2)10(12)8-6-4-3-5-7-9-13/h3,5H,4,6-9,13H2,1-2H3/b5-3-. The maximum Gasteiger partial charge on any atom is 0.222 e. The van der Waals surface area contributed by atoms with Crippen molar-refractivity contribution in [2.45, 2.75) is 25.7 Å². The van der Waals surface area contributed by atoms with Crippen molar-refractivity contribution < 1.29 is 4.79 Å². The zero-order valence-electron chi connectivity index (χ0n) is 8.62. The monoisotopic (exact) mass is 201 g/mol. The van der Waals surface area contributed by atoms with Gasteiger partial charge in [0.1, 0.15) is 0 Å². The molecular weight excluding hydrogens is 181 g/mol. The van der Waals surface area contributed by atoms with Gasteiger partial charge in [-0.1, -0.05) is 12.2 Å². The highest BCUT2D eigenvalue weighted by molar-refractivity contribution is 7.16. The van der Waals surface area contributed by atoms with Crippen LogP contribution in [0.5, 0.6) is 0 Å². The third kappa shape index (κ3) is 7.98. The molecule has 0 saturated carbocycles. The lowest BCUT2D eigenvalue weighted by molar-refractivity contribution is -0.128. The molecule has 2 nitrogen and oxygen atoms in total. The first-order valence-corrected chi connectivity index (χ1v) is 5.55. The van der Waals surface area contributed by atoms with Gasteiger partial charge in [0.05, 0.1) is 0 Å². The van der Waals surface area contributed by atoms with Gasteiger partial charge in [-0.05, 0) is 25.4 Å². The van der Waals surface area contributed by atoms with Gasteiger partial charge in [-0.3, -0.25) is 4.79 Å². The number of unbranched alkanes of at least 4 members (excludes halogenated alkanes) is 1. The zero-order chi connectivity index (χ0) is 10.1. The fourth-order valence-corrected chi connectivity index (χ4v) is 1.12. The highest BCUT2D eigenvalue weighted by Gasteiger charge is 2.00. The van der Waals surface area contributed by atoms with E-state index in [4.69, 9.17) is 0 Å². The fourth-order valence-electron chi connectivity index (χ4n) is 0.927. The van der Waals surface area contributed by atoms with Gasteiger partial charge in [0.15, 0.2) is 0 Å². The van der Waals surface area contributed by atoms with E-state index in [1.165, 1.54) is 0 Å². The molecule has 0 aliphatic heterocycles. The Kier molecular flexibility index (Phi) is 8.02. The first-order valence-electron chi connectivity index (χ1n) is 4.73. The molecule has 0 saturated heterocycles. The molecule has 76 valence electrons. The van der Waals surface area contributed by atoms with E-state index in [1.807, 2.05) is 0 Å². The normalized spacial score (nSPS) is 10.7. The van der Waals surface area contributed by atoms with Crippen molar-refractivity contribution in [1.82, 2.24) is 4.90 Å². The van der Waals surface area contributed by atoms with E-state index in [0.717, 1.165) is 25.4 Å². The smallest absolute Gasteiger partial charge is 0.222 e. The lowest BCUT2D eigenvalue weighted by Gasteiger charge is -2.08. The van der Waals surface area contributed by atoms with Crippen LogP contribution in [0.2, 0.25) is 0 Å². The maximum absolute atomic E-state index is 11.1. The number of allylic oxidation sites excluding steroid dienone is 2. The van der Waals surface area contributed by atoms with E-state index in [2.05, 4.69) is 21.4 Å². The third-order valence-electron chi connectivity index (χ3n) is 1.76. The van der Waals surface area contributed by atoms with E-state index >= 15 is 0 Å². The van der Waals surface area contributed by atoms with Gasteiger partial charge in [0.2, 0.25) is 5.91 Å². The summed E-state index contributed by atoms with van der Waals surface area (Å²) in [5.41, 5.74) is 0. The molecule has 0 aliphatic rings. The minimum atomic E-state index is 0.222. The molecule has 0 rings (SSSR count). The molecule has 1 unspecified atom stereocenters. The van der Waals surface area contributed by atoms with Gasteiger partial charge >= 0.3 is 0 Å². The number of hydrogen-bond donors (Lipinski definition) is 0. The third-order valence-corrected chi connectivity index (χ3v) is 2.09. The SMILES string of the molecule is CN(C)C(=O)CCC/C=C\CCP. The molecule has 0 N–H and O–H groups in total. The largest absolute Gasteiger partial charge is 0.349 e. The van der Waals surface area contributed by atoms with Crippen LogP contribution in [0.4, 0.5) is 0 Å². The van der Waals surface area contributed by atoms with E-state index in [0.29, 0.717) is 6.42 Å². The Morgan fingerprint density at radius 1 is 1.31 bits per heavy atom. The van der Waals surface area contributed by atoms with Crippen LogP contribution in [0.3, 0.4) is 0 Å². The van der Waals surface area contributed by atoms with Crippen LogP contribution in [0.15, 0.2) is 12.2 Å². The second kappa shape index (κ2) is 8.25. The summed E-state index contributed by atoms with van der Waals surface area (Å²) in [6.45, 7) is 0. The van der Waals surface area contributed by atoms with E-state index in [-0.39, 0.29) is 5.91 Å². The summed E-state index contributed by atoms with van der Waals surface area (Å²) in [6, 6.07) is 0. The summed E-state index contributed by atoms with van der Waals surface area (Å²) in [7, 11) is 6.29. The second-order valence-corrected chi connectivity index (χ2v) is 3.81. The van der Waals surface area contributed by atoms with Crippen molar-refractivity contribution in [3.63, 3.8) is 0 Å². The predicted octanol–water partition coefficient (Wildman–Crippen LogP) is 2.07. The molecule has 0 aromatic heterocycles. The van der Waals surface area contributed by atoms with Gasteiger partial charge in [-0.2, -0.15) is 0 Å². The molecule has 0 bridgehead atoms. The molecular formula is C10H20NOP. The van der Waals surface area contributed by atoms with Crippen LogP contribution in [-0.2, 0) is 4.79 Å². The summed E-state index contributed by atoms with van der Waals surface area (Å²) in [6.07, 6.45) is 9.21. The Morgan fingerprint density at radius 3 is 2.46 bits per heavy atom. The molecule has 0 aromatic carbocycles. The molecule has 0 aliphatic carbocycles. The minimum Gasteiger partial charge on any atom is -0.349 e. The molecule has 0 fully saturated rings. The minimum absolute atomic E-state index is 0.222. The molecule has 0 aromatic rings. The van der Waals surface area contributed by atoms with Crippen molar-refractivity contribution in [1.29, 1.82) is 0 Å². The number of carbonyl (C=O) groups is 1. The van der Waals surface area contributed by atoms with Crippen LogP contribution in [0, 0.1) is 0 Å².